The van der Waals surface area contributed by atoms with Crippen LogP contribution in [-0.2, 0) is 9.59 Å². The minimum Gasteiger partial charge on any atom is -0.322 e. The van der Waals surface area contributed by atoms with E-state index in [4.69, 9.17) is 0 Å². The molecule has 9 heteroatoms. The highest BCUT2D eigenvalue weighted by Crippen LogP contribution is 2.30. The number of allylic oxidation sites excluding steroid dienone is 2. The third-order valence-corrected chi connectivity index (χ3v) is 5.00. The quantitative estimate of drug-likeness (QED) is 0.647. The number of anilines is 1. The Morgan fingerprint density at radius 3 is 2.76 bits per heavy atom. The summed E-state index contributed by atoms with van der Waals surface area (Å²) < 4.78 is 4.65. The van der Waals surface area contributed by atoms with E-state index in [1.807, 2.05) is 36.4 Å². The lowest BCUT2D eigenvalue weighted by atomic mass is 10.2. The van der Waals surface area contributed by atoms with Crippen LogP contribution in [-0.4, -0.2) is 38.8 Å². The van der Waals surface area contributed by atoms with Crippen molar-refractivity contribution in [3.8, 4) is 0 Å². The van der Waals surface area contributed by atoms with Crippen LogP contribution >= 0.6 is 11.8 Å². The first kappa shape index (κ1) is 18.6. The summed E-state index contributed by atoms with van der Waals surface area (Å²) in [5, 5.41) is 9.57. The molecule has 2 aromatic carbocycles. The summed E-state index contributed by atoms with van der Waals surface area (Å²) >= 11 is 0.799. The van der Waals surface area contributed by atoms with Gasteiger partial charge in [0.2, 0.25) is 5.91 Å². The molecule has 0 radical (unpaired) electrons. The number of carbonyl (C=O) groups is 3. The molecule has 1 aliphatic rings. The summed E-state index contributed by atoms with van der Waals surface area (Å²) in [4.78, 5) is 38.2. The van der Waals surface area contributed by atoms with Crippen LogP contribution in [0.5, 0.6) is 0 Å². The second-order valence-corrected chi connectivity index (χ2v) is 7.04. The second kappa shape index (κ2) is 8.11. The fourth-order valence-electron chi connectivity index (χ4n) is 2.70. The standard InChI is InChI=1S/C20H14N4O4S/c25-17(21-14-9-5-10-15-18(14)23-28-22-15)12-24-19(26)16(29-20(24)27)11-4-8-13-6-2-1-3-7-13/h1-11H,12H2,(H,21,25)/b8-4+,16-11-. The highest BCUT2D eigenvalue weighted by molar-refractivity contribution is 8.18. The van der Waals surface area contributed by atoms with Gasteiger partial charge in [-0.25, -0.2) is 4.63 Å². The molecule has 0 saturated carbocycles. The van der Waals surface area contributed by atoms with Crippen molar-refractivity contribution < 1.29 is 19.0 Å². The van der Waals surface area contributed by atoms with Gasteiger partial charge in [0.1, 0.15) is 12.1 Å². The lowest BCUT2D eigenvalue weighted by Gasteiger charge is -2.12. The zero-order valence-electron chi connectivity index (χ0n) is 14.9. The molecule has 1 saturated heterocycles. The highest BCUT2D eigenvalue weighted by Gasteiger charge is 2.36. The molecule has 1 fully saturated rings. The van der Waals surface area contributed by atoms with Crippen molar-refractivity contribution in [1.82, 2.24) is 15.2 Å². The number of nitrogens with one attached hydrogen (secondary N) is 1. The van der Waals surface area contributed by atoms with Crippen LogP contribution in [0, 0.1) is 0 Å². The molecule has 1 N–H and O–H groups in total. The Kier molecular flexibility index (Phi) is 5.21. The van der Waals surface area contributed by atoms with Gasteiger partial charge in [0.05, 0.1) is 10.6 Å². The van der Waals surface area contributed by atoms with E-state index in [-0.39, 0.29) is 4.91 Å². The summed E-state index contributed by atoms with van der Waals surface area (Å²) in [6.07, 6.45) is 5.09. The van der Waals surface area contributed by atoms with Crippen LogP contribution in [0.15, 0.2) is 70.2 Å². The van der Waals surface area contributed by atoms with Crippen molar-refractivity contribution in [2.75, 3.05) is 11.9 Å². The highest BCUT2D eigenvalue weighted by atomic mass is 32.2. The lowest BCUT2D eigenvalue weighted by molar-refractivity contribution is -0.127. The molecular formula is C20H14N4O4S. The Hall–Kier alpha value is -3.72. The van der Waals surface area contributed by atoms with Crippen molar-refractivity contribution in [2.24, 2.45) is 0 Å². The first-order valence-corrected chi connectivity index (χ1v) is 9.42. The van der Waals surface area contributed by atoms with E-state index in [0.717, 1.165) is 22.2 Å². The maximum Gasteiger partial charge on any atom is 0.294 e. The zero-order valence-corrected chi connectivity index (χ0v) is 15.8. The van der Waals surface area contributed by atoms with Crippen molar-refractivity contribution in [3.05, 3.63) is 71.2 Å². The maximum atomic E-state index is 12.5. The Balaban J connectivity index is 1.42. The van der Waals surface area contributed by atoms with E-state index in [1.165, 1.54) is 0 Å². The van der Waals surface area contributed by atoms with E-state index in [9.17, 15) is 14.4 Å². The molecule has 1 aliphatic heterocycles. The molecule has 0 bridgehead atoms. The minimum atomic E-state index is -0.524. The van der Waals surface area contributed by atoms with E-state index in [2.05, 4.69) is 20.3 Å². The van der Waals surface area contributed by atoms with Crippen LogP contribution in [0.2, 0.25) is 0 Å². The first-order valence-electron chi connectivity index (χ1n) is 8.60. The van der Waals surface area contributed by atoms with Crippen molar-refractivity contribution in [2.45, 2.75) is 0 Å². The van der Waals surface area contributed by atoms with E-state index >= 15 is 0 Å². The van der Waals surface area contributed by atoms with Crippen LogP contribution in [0.3, 0.4) is 0 Å². The molecule has 144 valence electrons. The SMILES string of the molecule is O=C(CN1C(=O)S/C(=C\C=C\c2ccccc2)C1=O)Nc1cccc2nonc12. The van der Waals surface area contributed by atoms with Gasteiger partial charge in [0, 0.05) is 0 Å². The predicted molar refractivity (Wildman–Crippen MR) is 109 cm³/mol. The number of nitrogens with zero attached hydrogens (tertiary/aromatic N) is 3. The average molecular weight is 406 g/mol. The normalized spacial score (nSPS) is 15.7. The van der Waals surface area contributed by atoms with E-state index in [0.29, 0.717) is 16.7 Å². The summed E-state index contributed by atoms with van der Waals surface area (Å²) in [5.41, 5.74) is 2.24. The molecule has 0 atom stereocenters. The van der Waals surface area contributed by atoms with Crippen LogP contribution in [0.25, 0.3) is 17.1 Å². The fraction of sp³-hybridized carbons (Fsp3) is 0.0500. The molecule has 3 amide bonds. The molecule has 4 rings (SSSR count). The number of rotatable bonds is 5. The smallest absolute Gasteiger partial charge is 0.294 e. The summed E-state index contributed by atoms with van der Waals surface area (Å²) in [7, 11) is 0. The molecule has 3 aromatic rings. The van der Waals surface area contributed by atoms with Crippen molar-refractivity contribution in [1.29, 1.82) is 0 Å². The number of thioether (sulfide) groups is 1. The van der Waals surface area contributed by atoms with Gasteiger partial charge >= 0.3 is 0 Å². The van der Waals surface area contributed by atoms with Crippen molar-refractivity contribution in [3.63, 3.8) is 0 Å². The average Bonchev–Trinajstić information content (AvgIpc) is 3.30. The first-order chi connectivity index (χ1) is 14.1. The second-order valence-electron chi connectivity index (χ2n) is 6.05. The fourth-order valence-corrected chi connectivity index (χ4v) is 3.49. The summed E-state index contributed by atoms with van der Waals surface area (Å²) in [6.45, 7) is -0.397. The Bertz CT molecular complexity index is 1150. The predicted octanol–water partition coefficient (Wildman–Crippen LogP) is 3.45. The third-order valence-electron chi connectivity index (χ3n) is 4.07. The molecule has 0 spiro atoms. The molecule has 8 nitrogen and oxygen atoms in total. The Morgan fingerprint density at radius 2 is 1.93 bits per heavy atom. The topological polar surface area (TPSA) is 105 Å². The molecule has 0 unspecified atom stereocenters. The number of hydrogen-bond donors (Lipinski definition) is 1. The summed E-state index contributed by atoms with van der Waals surface area (Å²) in [5.74, 6) is -1.03. The van der Waals surface area contributed by atoms with Gasteiger partial charge in [-0.05, 0) is 45.8 Å². The van der Waals surface area contributed by atoms with Crippen LogP contribution in [0.4, 0.5) is 10.5 Å². The van der Waals surface area contributed by atoms with Gasteiger partial charge in [0.25, 0.3) is 11.1 Å². The van der Waals surface area contributed by atoms with Crippen LogP contribution < -0.4 is 5.32 Å². The number of aromatic nitrogens is 2. The zero-order chi connectivity index (χ0) is 20.2. The molecular weight excluding hydrogens is 392 g/mol. The largest absolute Gasteiger partial charge is 0.322 e. The monoisotopic (exact) mass is 406 g/mol. The van der Waals surface area contributed by atoms with E-state index in [1.54, 1.807) is 30.4 Å². The van der Waals surface area contributed by atoms with Crippen LogP contribution in [0.1, 0.15) is 5.56 Å². The van der Waals surface area contributed by atoms with Gasteiger partial charge in [0.15, 0.2) is 5.52 Å². The van der Waals surface area contributed by atoms with Crippen molar-refractivity contribution >= 4 is 51.6 Å². The maximum absolute atomic E-state index is 12.5. The lowest BCUT2D eigenvalue weighted by Crippen LogP contribution is -2.36. The van der Waals surface area contributed by atoms with E-state index < -0.39 is 23.6 Å². The molecule has 29 heavy (non-hydrogen) atoms. The number of imide groups is 1. The molecule has 0 aliphatic carbocycles. The minimum absolute atomic E-state index is 0.262. The van der Waals surface area contributed by atoms with Gasteiger partial charge < -0.3 is 5.32 Å². The number of benzene rings is 2. The number of carbonyl (C=O) groups excluding carboxylic acids is 3. The third kappa shape index (κ3) is 4.09. The van der Waals surface area contributed by atoms with Gasteiger partial charge in [-0.2, -0.15) is 0 Å². The Morgan fingerprint density at radius 1 is 1.10 bits per heavy atom. The summed E-state index contributed by atoms with van der Waals surface area (Å²) in [6, 6.07) is 14.6. The number of hydrogen-bond acceptors (Lipinski definition) is 7. The van der Waals surface area contributed by atoms with Gasteiger partial charge in [-0.3, -0.25) is 19.3 Å². The number of amides is 3. The number of fused-ring (bicyclic) bond motifs is 1. The van der Waals surface area contributed by atoms with Gasteiger partial charge in [-0.15, -0.1) is 0 Å². The molecule has 2 heterocycles. The Labute approximate surface area is 169 Å². The molecule has 1 aromatic heterocycles. The van der Waals surface area contributed by atoms with Gasteiger partial charge in [-0.1, -0.05) is 48.6 Å².